The molecule has 2 aliphatic rings. The third kappa shape index (κ3) is 2.32. The SMILES string of the molecule is COc1cccc(C(=O)C2CC3CCC(C2)N3C)c1C#N. The Hall–Kier alpha value is -1.86. The van der Waals surface area contributed by atoms with Crippen molar-refractivity contribution in [2.75, 3.05) is 14.2 Å². The molecule has 0 aromatic heterocycles. The van der Waals surface area contributed by atoms with E-state index < -0.39 is 0 Å². The van der Waals surface area contributed by atoms with Crippen LogP contribution in [-0.2, 0) is 0 Å². The predicted molar refractivity (Wildman–Crippen MR) is 79.3 cm³/mol. The molecule has 2 heterocycles. The number of hydrogen-bond acceptors (Lipinski definition) is 4. The second kappa shape index (κ2) is 5.50. The first-order valence-corrected chi connectivity index (χ1v) is 7.49. The van der Waals surface area contributed by atoms with Gasteiger partial charge < -0.3 is 9.64 Å². The van der Waals surface area contributed by atoms with Gasteiger partial charge in [0.25, 0.3) is 0 Å². The number of methoxy groups -OCH3 is 1. The summed E-state index contributed by atoms with van der Waals surface area (Å²) < 4.78 is 5.20. The summed E-state index contributed by atoms with van der Waals surface area (Å²) in [6, 6.07) is 8.44. The number of nitriles is 1. The van der Waals surface area contributed by atoms with E-state index in [9.17, 15) is 10.1 Å². The van der Waals surface area contributed by atoms with Crippen LogP contribution in [0.3, 0.4) is 0 Å². The molecule has 4 heteroatoms. The molecule has 3 rings (SSSR count). The van der Waals surface area contributed by atoms with Crippen LogP contribution >= 0.6 is 0 Å². The maximum absolute atomic E-state index is 12.8. The Balaban J connectivity index is 1.88. The van der Waals surface area contributed by atoms with Gasteiger partial charge in [0.05, 0.1) is 7.11 Å². The van der Waals surface area contributed by atoms with Gasteiger partial charge in [0.2, 0.25) is 0 Å². The van der Waals surface area contributed by atoms with Crippen LogP contribution in [0, 0.1) is 17.2 Å². The van der Waals surface area contributed by atoms with Gasteiger partial charge in [-0.1, -0.05) is 6.07 Å². The lowest BCUT2D eigenvalue weighted by atomic mass is 9.84. The first-order valence-electron chi connectivity index (χ1n) is 7.49. The molecule has 110 valence electrons. The van der Waals surface area contributed by atoms with Crippen LogP contribution < -0.4 is 4.74 Å². The molecule has 0 aliphatic carbocycles. The van der Waals surface area contributed by atoms with Crippen molar-refractivity contribution in [1.82, 2.24) is 4.90 Å². The Morgan fingerprint density at radius 2 is 2.00 bits per heavy atom. The normalized spacial score (nSPS) is 28.1. The van der Waals surface area contributed by atoms with Crippen molar-refractivity contribution in [3.05, 3.63) is 29.3 Å². The lowest BCUT2D eigenvalue weighted by molar-refractivity contribution is 0.0766. The molecular weight excluding hydrogens is 264 g/mol. The fourth-order valence-electron chi connectivity index (χ4n) is 3.87. The average Bonchev–Trinajstić information content (AvgIpc) is 2.74. The van der Waals surface area contributed by atoms with Crippen LogP contribution in [0.5, 0.6) is 5.75 Å². The smallest absolute Gasteiger partial charge is 0.167 e. The summed E-state index contributed by atoms with van der Waals surface area (Å²) in [6.07, 6.45) is 4.20. The number of ketones is 1. The zero-order valence-corrected chi connectivity index (χ0v) is 12.5. The van der Waals surface area contributed by atoms with E-state index in [0.717, 1.165) is 12.8 Å². The monoisotopic (exact) mass is 284 g/mol. The third-order valence-corrected chi connectivity index (χ3v) is 5.09. The summed E-state index contributed by atoms with van der Waals surface area (Å²) in [7, 11) is 3.69. The number of ether oxygens (including phenoxy) is 1. The summed E-state index contributed by atoms with van der Waals surface area (Å²) in [6.45, 7) is 0. The molecule has 2 atom stereocenters. The molecule has 2 bridgehead atoms. The summed E-state index contributed by atoms with van der Waals surface area (Å²) in [5.41, 5.74) is 0.891. The molecule has 1 aromatic carbocycles. The van der Waals surface area contributed by atoms with E-state index in [4.69, 9.17) is 4.74 Å². The Bertz CT molecular complexity index is 591. The number of piperidine rings is 1. The van der Waals surface area contributed by atoms with E-state index in [0.29, 0.717) is 29.0 Å². The van der Waals surface area contributed by atoms with E-state index in [2.05, 4.69) is 18.0 Å². The predicted octanol–water partition coefficient (Wildman–Crippen LogP) is 2.62. The van der Waals surface area contributed by atoms with Crippen molar-refractivity contribution in [1.29, 1.82) is 5.26 Å². The number of benzene rings is 1. The van der Waals surface area contributed by atoms with E-state index in [1.165, 1.54) is 20.0 Å². The molecule has 0 amide bonds. The summed E-state index contributed by atoms with van der Waals surface area (Å²) in [5.74, 6) is 0.632. The minimum absolute atomic E-state index is 0.0397. The molecule has 0 spiro atoms. The molecule has 2 fully saturated rings. The quantitative estimate of drug-likeness (QED) is 0.801. The molecule has 0 N–H and O–H groups in total. The topological polar surface area (TPSA) is 53.3 Å². The molecule has 2 saturated heterocycles. The third-order valence-electron chi connectivity index (χ3n) is 5.09. The zero-order chi connectivity index (χ0) is 15.0. The second-order valence-electron chi connectivity index (χ2n) is 6.08. The highest BCUT2D eigenvalue weighted by molar-refractivity contribution is 6.00. The van der Waals surface area contributed by atoms with Gasteiger partial charge in [-0.2, -0.15) is 5.26 Å². The minimum atomic E-state index is 0.0397. The van der Waals surface area contributed by atoms with Crippen molar-refractivity contribution in [3.63, 3.8) is 0 Å². The first-order chi connectivity index (χ1) is 10.2. The number of fused-ring (bicyclic) bond motifs is 2. The number of hydrogen-bond donors (Lipinski definition) is 0. The van der Waals surface area contributed by atoms with Gasteiger partial charge in [-0.15, -0.1) is 0 Å². The molecule has 1 aromatic rings. The Morgan fingerprint density at radius 1 is 1.33 bits per heavy atom. The largest absolute Gasteiger partial charge is 0.495 e. The van der Waals surface area contributed by atoms with Crippen molar-refractivity contribution in [3.8, 4) is 11.8 Å². The number of carbonyl (C=O) groups is 1. The fourth-order valence-corrected chi connectivity index (χ4v) is 3.87. The van der Waals surface area contributed by atoms with Crippen LogP contribution in [0.2, 0.25) is 0 Å². The highest BCUT2D eigenvalue weighted by Gasteiger charge is 2.41. The van der Waals surface area contributed by atoms with Gasteiger partial charge in [-0.25, -0.2) is 0 Å². The van der Waals surface area contributed by atoms with Crippen molar-refractivity contribution in [2.45, 2.75) is 37.8 Å². The van der Waals surface area contributed by atoms with Gasteiger partial charge in [0.15, 0.2) is 5.78 Å². The van der Waals surface area contributed by atoms with Crippen molar-refractivity contribution >= 4 is 5.78 Å². The Kier molecular flexibility index (Phi) is 3.69. The molecule has 4 nitrogen and oxygen atoms in total. The van der Waals surface area contributed by atoms with Gasteiger partial charge in [0, 0.05) is 23.6 Å². The van der Waals surface area contributed by atoms with Gasteiger partial charge in [-0.05, 0) is 44.9 Å². The van der Waals surface area contributed by atoms with Gasteiger partial charge >= 0.3 is 0 Å². The summed E-state index contributed by atoms with van der Waals surface area (Å²) in [5, 5.41) is 9.35. The van der Waals surface area contributed by atoms with Crippen LogP contribution in [0.25, 0.3) is 0 Å². The molecule has 21 heavy (non-hydrogen) atoms. The van der Waals surface area contributed by atoms with Crippen LogP contribution in [0.1, 0.15) is 41.6 Å². The Labute approximate surface area is 125 Å². The minimum Gasteiger partial charge on any atom is -0.495 e. The number of Topliss-reactive ketones (excluding diaryl/α,β-unsaturated/α-hetero) is 1. The van der Waals surface area contributed by atoms with Crippen LogP contribution in [-0.4, -0.2) is 36.9 Å². The molecule has 0 radical (unpaired) electrons. The Morgan fingerprint density at radius 3 is 2.57 bits per heavy atom. The molecule has 2 unspecified atom stereocenters. The van der Waals surface area contributed by atoms with Crippen molar-refractivity contribution < 1.29 is 9.53 Å². The highest BCUT2D eigenvalue weighted by atomic mass is 16.5. The van der Waals surface area contributed by atoms with Crippen LogP contribution in [0.15, 0.2) is 18.2 Å². The summed E-state index contributed by atoms with van der Waals surface area (Å²) >= 11 is 0. The van der Waals surface area contributed by atoms with Crippen molar-refractivity contribution in [2.24, 2.45) is 5.92 Å². The van der Waals surface area contributed by atoms with E-state index in [1.54, 1.807) is 18.2 Å². The lowest BCUT2D eigenvalue weighted by Crippen LogP contribution is -2.42. The molecule has 2 aliphatic heterocycles. The lowest BCUT2D eigenvalue weighted by Gasteiger charge is -2.35. The van der Waals surface area contributed by atoms with Crippen LogP contribution in [0.4, 0.5) is 0 Å². The zero-order valence-electron chi connectivity index (χ0n) is 12.5. The second-order valence-corrected chi connectivity index (χ2v) is 6.08. The van der Waals surface area contributed by atoms with E-state index >= 15 is 0 Å². The van der Waals surface area contributed by atoms with E-state index in [-0.39, 0.29) is 11.7 Å². The summed E-state index contributed by atoms with van der Waals surface area (Å²) in [4.78, 5) is 15.3. The number of rotatable bonds is 3. The maximum Gasteiger partial charge on any atom is 0.167 e. The highest BCUT2D eigenvalue weighted by Crippen LogP contribution is 2.39. The van der Waals surface area contributed by atoms with Gasteiger partial charge in [0.1, 0.15) is 17.4 Å². The van der Waals surface area contributed by atoms with Gasteiger partial charge in [-0.3, -0.25) is 4.79 Å². The fraction of sp³-hybridized carbons (Fsp3) is 0.529. The number of nitrogens with zero attached hydrogens (tertiary/aromatic N) is 2. The number of carbonyl (C=O) groups excluding carboxylic acids is 1. The van der Waals surface area contributed by atoms with E-state index in [1.807, 2.05) is 0 Å². The maximum atomic E-state index is 12.8. The molecule has 0 saturated carbocycles. The average molecular weight is 284 g/mol. The standard InChI is InChI=1S/C17H20N2O2/c1-19-12-6-7-13(19)9-11(8-12)17(20)14-4-3-5-16(21-2)15(14)10-18/h3-5,11-13H,6-9H2,1-2H3. The first kappa shape index (κ1) is 14.1. The molecular formula is C17H20N2O2.